The van der Waals surface area contributed by atoms with Gasteiger partial charge in [-0.25, -0.2) is 0 Å². The van der Waals surface area contributed by atoms with E-state index in [0.29, 0.717) is 16.0 Å². The van der Waals surface area contributed by atoms with Gasteiger partial charge in [0.2, 0.25) is 0 Å². The van der Waals surface area contributed by atoms with Crippen LogP contribution in [0, 0.1) is 0 Å². The molecule has 0 aliphatic carbocycles. The van der Waals surface area contributed by atoms with E-state index < -0.39 is 14.8 Å². The van der Waals surface area contributed by atoms with Crippen molar-refractivity contribution in [2.75, 3.05) is 0 Å². The van der Waals surface area contributed by atoms with Gasteiger partial charge in [0.25, 0.3) is 0 Å². The third-order valence-corrected chi connectivity index (χ3v) is 33.1. The Hall–Kier alpha value is 0.623. The maximum atomic E-state index is 2.51. The molecule has 17 heavy (non-hydrogen) atoms. The van der Waals surface area contributed by atoms with Crippen LogP contribution < -0.4 is 0 Å². The standard InChI is InChI=1S/4C4H9.Zn/c4*1-4(2)3;/h4*1-3H3;. The van der Waals surface area contributed by atoms with Crippen LogP contribution in [0.2, 0.25) is 16.0 Å². The Morgan fingerprint density at radius 2 is 0.471 bits per heavy atom. The summed E-state index contributed by atoms with van der Waals surface area (Å²) in [6.45, 7) is 30.1. The van der Waals surface area contributed by atoms with Gasteiger partial charge in [0.15, 0.2) is 0 Å². The van der Waals surface area contributed by atoms with Gasteiger partial charge >= 0.3 is 114 Å². The third kappa shape index (κ3) is 2.65. The van der Waals surface area contributed by atoms with E-state index in [2.05, 4.69) is 83.1 Å². The molecular formula is C16H36Zn. The van der Waals surface area contributed by atoms with Gasteiger partial charge in [-0.15, -0.1) is 0 Å². The fraction of sp³-hybridized carbons (Fsp3) is 1.00. The maximum absolute atomic E-state index is 2.67. The van der Waals surface area contributed by atoms with Crippen molar-refractivity contribution in [2.45, 2.75) is 99.1 Å². The predicted molar refractivity (Wildman–Crippen MR) is 78.9 cm³/mol. The molecule has 0 saturated carbocycles. The van der Waals surface area contributed by atoms with Gasteiger partial charge < -0.3 is 0 Å². The summed E-state index contributed by atoms with van der Waals surface area (Å²) in [6, 6.07) is 0. The quantitative estimate of drug-likeness (QED) is 0.421. The van der Waals surface area contributed by atoms with Gasteiger partial charge in [-0.1, -0.05) is 0 Å². The molecule has 0 aliphatic heterocycles. The molecule has 0 rings (SSSR count). The van der Waals surface area contributed by atoms with E-state index in [1.807, 2.05) is 0 Å². The van der Waals surface area contributed by atoms with Crippen molar-refractivity contribution in [3.05, 3.63) is 0 Å². The van der Waals surface area contributed by atoms with Crippen LogP contribution in [0.4, 0.5) is 0 Å². The Morgan fingerprint density at radius 3 is 0.471 bits per heavy atom. The molecule has 0 nitrogen and oxygen atoms in total. The molecule has 0 bridgehead atoms. The van der Waals surface area contributed by atoms with Crippen LogP contribution in [0.1, 0.15) is 83.1 Å². The molecule has 0 aromatic heterocycles. The van der Waals surface area contributed by atoms with Crippen LogP contribution in [0.25, 0.3) is 0 Å². The van der Waals surface area contributed by atoms with Gasteiger partial charge in [-0.2, -0.15) is 0 Å². The third-order valence-electron chi connectivity index (χ3n) is 6.36. The molecule has 0 radical (unpaired) electrons. The van der Waals surface area contributed by atoms with Crippen LogP contribution in [0.15, 0.2) is 0 Å². The van der Waals surface area contributed by atoms with Crippen LogP contribution in [0.3, 0.4) is 0 Å². The molecule has 0 aromatic rings. The topological polar surface area (TPSA) is 0 Å². The summed E-state index contributed by atoms with van der Waals surface area (Å²) in [5.74, 6) is 0. The van der Waals surface area contributed by atoms with E-state index in [4.69, 9.17) is 0 Å². The van der Waals surface area contributed by atoms with Crippen LogP contribution in [-0.2, 0) is 14.8 Å². The summed E-state index contributed by atoms with van der Waals surface area (Å²) in [4.78, 5) is 0. The number of hydrogen-bond donors (Lipinski definition) is 0. The second-order valence-corrected chi connectivity index (χ2v) is 33.6. The first-order valence-corrected chi connectivity index (χ1v) is 13.3. The summed E-state index contributed by atoms with van der Waals surface area (Å²) in [5.41, 5.74) is 0. The molecule has 0 aliphatic rings. The second kappa shape index (κ2) is 4.33. The van der Waals surface area contributed by atoms with Gasteiger partial charge in [0, 0.05) is 0 Å². The molecule has 0 amide bonds. The Kier molecular flexibility index (Phi) is 4.49. The minimum absolute atomic E-state index is 0.484. The van der Waals surface area contributed by atoms with Crippen molar-refractivity contribution in [2.24, 2.45) is 0 Å². The van der Waals surface area contributed by atoms with Gasteiger partial charge in [-0.3, -0.25) is 0 Å². The number of hydrogen-bond acceptors (Lipinski definition) is 0. The van der Waals surface area contributed by atoms with E-state index in [-0.39, 0.29) is 0 Å². The van der Waals surface area contributed by atoms with E-state index in [1.165, 1.54) is 0 Å². The average Bonchev–Trinajstić information content (AvgIpc) is 1.67. The van der Waals surface area contributed by atoms with Crippen molar-refractivity contribution < 1.29 is 14.8 Å². The van der Waals surface area contributed by atoms with Crippen molar-refractivity contribution in [1.82, 2.24) is 0 Å². The molecule has 0 spiro atoms. The van der Waals surface area contributed by atoms with E-state index in [9.17, 15) is 0 Å². The minimum atomic E-state index is -2.67. The normalized spacial score (nSPS) is 15.3. The van der Waals surface area contributed by atoms with Gasteiger partial charge in [0.05, 0.1) is 0 Å². The molecule has 0 N–H and O–H groups in total. The molecule has 0 unspecified atom stereocenters. The molecule has 1 heteroatoms. The van der Waals surface area contributed by atoms with E-state index in [1.54, 1.807) is 0 Å². The Morgan fingerprint density at radius 1 is 0.353 bits per heavy atom. The molecule has 0 fully saturated rings. The average molecular weight is 294 g/mol. The fourth-order valence-corrected chi connectivity index (χ4v) is 49.6. The molecule has 0 heterocycles. The summed E-state index contributed by atoms with van der Waals surface area (Å²) >= 11 is -2.67. The predicted octanol–water partition coefficient (Wildman–Crippen LogP) is 7.01. The van der Waals surface area contributed by atoms with Gasteiger partial charge in [0.1, 0.15) is 0 Å². The van der Waals surface area contributed by atoms with E-state index in [0.717, 1.165) is 0 Å². The van der Waals surface area contributed by atoms with Crippen molar-refractivity contribution in [3.8, 4) is 0 Å². The van der Waals surface area contributed by atoms with Gasteiger partial charge in [-0.05, 0) is 0 Å². The summed E-state index contributed by atoms with van der Waals surface area (Å²) in [7, 11) is 0. The summed E-state index contributed by atoms with van der Waals surface area (Å²) < 4.78 is 1.94. The monoisotopic (exact) mass is 292 g/mol. The van der Waals surface area contributed by atoms with E-state index >= 15 is 0 Å². The van der Waals surface area contributed by atoms with Crippen molar-refractivity contribution >= 4 is 0 Å². The molecule has 0 aromatic carbocycles. The first-order chi connectivity index (χ1) is 7.00. The number of rotatable bonds is 0. The fourth-order valence-electron chi connectivity index (χ4n) is 9.55. The Labute approximate surface area is 114 Å². The summed E-state index contributed by atoms with van der Waals surface area (Å²) in [6.07, 6.45) is 0. The van der Waals surface area contributed by atoms with Crippen LogP contribution in [-0.4, -0.2) is 0 Å². The molecule has 0 atom stereocenters. The zero-order chi connectivity index (χ0) is 14.5. The molecular weight excluding hydrogens is 258 g/mol. The van der Waals surface area contributed by atoms with Crippen molar-refractivity contribution in [1.29, 1.82) is 0 Å². The Balaban J connectivity index is 6.37. The Bertz CT molecular complexity index is 198. The van der Waals surface area contributed by atoms with Crippen molar-refractivity contribution in [3.63, 3.8) is 0 Å². The second-order valence-electron chi connectivity index (χ2n) is 11.3. The van der Waals surface area contributed by atoms with Crippen LogP contribution in [0.5, 0.6) is 0 Å². The first kappa shape index (κ1) is 17.6. The first-order valence-electron chi connectivity index (χ1n) is 7.41. The zero-order valence-electron chi connectivity index (χ0n) is 14.7. The molecule has 102 valence electrons. The van der Waals surface area contributed by atoms with Crippen LogP contribution >= 0.6 is 0 Å². The SMILES string of the molecule is C[C](C)(C)[Zn]([C](C)(C)C)([C](C)(C)C)[C](C)(C)C. The molecule has 0 saturated heterocycles. The summed E-state index contributed by atoms with van der Waals surface area (Å²) in [5, 5.41) is 0. The zero-order valence-corrected chi connectivity index (χ0v) is 17.7.